The highest BCUT2D eigenvalue weighted by atomic mass is 16.5. The van der Waals surface area contributed by atoms with Crippen molar-refractivity contribution in [3.05, 3.63) is 11.6 Å². The molecule has 4 nitrogen and oxygen atoms in total. The van der Waals surface area contributed by atoms with Gasteiger partial charge in [-0.1, -0.05) is 19.4 Å². The molecule has 0 spiro atoms. The molecule has 0 heterocycles. The van der Waals surface area contributed by atoms with Gasteiger partial charge in [-0.2, -0.15) is 0 Å². The number of ether oxygens (including phenoxy) is 2. The molecule has 1 saturated carbocycles. The van der Waals surface area contributed by atoms with Crippen molar-refractivity contribution in [1.82, 2.24) is 0 Å². The van der Waals surface area contributed by atoms with Gasteiger partial charge >= 0.3 is 11.9 Å². The van der Waals surface area contributed by atoms with Crippen LogP contribution in [0.15, 0.2) is 11.6 Å². The molecule has 0 N–H and O–H groups in total. The van der Waals surface area contributed by atoms with Crippen molar-refractivity contribution in [1.29, 1.82) is 0 Å². The lowest BCUT2D eigenvalue weighted by Gasteiger charge is -2.47. The van der Waals surface area contributed by atoms with Crippen molar-refractivity contribution in [3.8, 4) is 0 Å². The molecule has 0 aromatic heterocycles. The third-order valence-electron chi connectivity index (χ3n) is 3.62. The molecule has 0 radical (unpaired) electrons. The van der Waals surface area contributed by atoms with Crippen LogP contribution < -0.4 is 0 Å². The monoisotopic (exact) mass is 254 g/mol. The third-order valence-corrected chi connectivity index (χ3v) is 3.62. The molecule has 102 valence electrons. The zero-order chi connectivity index (χ0) is 13.9. The Kier molecular flexibility index (Phi) is 4.54. The first-order chi connectivity index (χ1) is 8.24. The SMILES string of the molecule is CC(=O)OCC1(C)CC(=CC(C)OC(C)=O)C1C. The number of hydrogen-bond donors (Lipinski definition) is 0. The second-order valence-corrected chi connectivity index (χ2v) is 5.39. The first-order valence-electron chi connectivity index (χ1n) is 6.26. The van der Waals surface area contributed by atoms with E-state index < -0.39 is 0 Å². The average Bonchev–Trinajstić information content (AvgIpc) is 2.24. The van der Waals surface area contributed by atoms with Crippen LogP contribution in [0, 0.1) is 11.3 Å². The van der Waals surface area contributed by atoms with Crippen LogP contribution >= 0.6 is 0 Å². The predicted molar refractivity (Wildman–Crippen MR) is 67.8 cm³/mol. The standard InChI is InChI=1S/C14H22O4/c1-9(18-12(4)16)6-13-7-14(5,10(13)2)8-17-11(3)15/h6,9-10H,7-8H2,1-5H3. The fourth-order valence-electron chi connectivity index (χ4n) is 2.33. The zero-order valence-electron chi connectivity index (χ0n) is 11.8. The molecule has 0 bridgehead atoms. The fraction of sp³-hybridized carbons (Fsp3) is 0.714. The van der Waals surface area contributed by atoms with Gasteiger partial charge in [0.2, 0.25) is 0 Å². The van der Waals surface area contributed by atoms with Gasteiger partial charge in [-0.3, -0.25) is 9.59 Å². The van der Waals surface area contributed by atoms with Crippen LogP contribution in [-0.4, -0.2) is 24.6 Å². The molecule has 0 aliphatic heterocycles. The maximum absolute atomic E-state index is 10.8. The van der Waals surface area contributed by atoms with E-state index in [0.717, 1.165) is 6.42 Å². The lowest BCUT2D eigenvalue weighted by atomic mass is 9.59. The van der Waals surface area contributed by atoms with E-state index in [9.17, 15) is 9.59 Å². The second kappa shape index (κ2) is 5.55. The Morgan fingerprint density at radius 1 is 1.44 bits per heavy atom. The molecular weight excluding hydrogens is 232 g/mol. The molecule has 3 atom stereocenters. The highest BCUT2D eigenvalue weighted by Gasteiger charge is 2.44. The Hall–Kier alpha value is -1.32. The van der Waals surface area contributed by atoms with Crippen LogP contribution in [0.4, 0.5) is 0 Å². The topological polar surface area (TPSA) is 52.6 Å². The van der Waals surface area contributed by atoms with Crippen molar-refractivity contribution < 1.29 is 19.1 Å². The van der Waals surface area contributed by atoms with E-state index >= 15 is 0 Å². The van der Waals surface area contributed by atoms with Gasteiger partial charge in [-0.05, 0) is 25.3 Å². The molecule has 0 amide bonds. The number of carbonyl (C=O) groups is 2. The number of allylic oxidation sites excluding steroid dienone is 1. The molecule has 1 rings (SSSR count). The highest BCUT2D eigenvalue weighted by Crippen LogP contribution is 2.50. The van der Waals surface area contributed by atoms with Crippen LogP contribution in [-0.2, 0) is 19.1 Å². The summed E-state index contributed by atoms with van der Waals surface area (Å²) in [4.78, 5) is 21.6. The smallest absolute Gasteiger partial charge is 0.303 e. The van der Waals surface area contributed by atoms with E-state index in [0.29, 0.717) is 12.5 Å². The number of carbonyl (C=O) groups excluding carboxylic acids is 2. The molecule has 0 aromatic carbocycles. The van der Waals surface area contributed by atoms with E-state index in [4.69, 9.17) is 9.47 Å². The Labute approximate surface area is 108 Å². The quantitative estimate of drug-likeness (QED) is 0.571. The van der Waals surface area contributed by atoms with Crippen molar-refractivity contribution in [2.45, 2.75) is 47.1 Å². The lowest BCUT2D eigenvalue weighted by Crippen LogP contribution is -2.42. The minimum atomic E-state index is -0.269. The molecule has 1 aliphatic carbocycles. The summed E-state index contributed by atoms with van der Waals surface area (Å²) in [5, 5.41) is 0. The van der Waals surface area contributed by atoms with Gasteiger partial charge < -0.3 is 9.47 Å². The normalized spacial score (nSPS) is 30.5. The second-order valence-electron chi connectivity index (χ2n) is 5.39. The van der Waals surface area contributed by atoms with Crippen LogP contribution in [0.5, 0.6) is 0 Å². The average molecular weight is 254 g/mol. The number of hydrogen-bond acceptors (Lipinski definition) is 4. The maximum atomic E-state index is 10.8. The minimum absolute atomic E-state index is 0.00739. The Bertz CT molecular complexity index is 372. The predicted octanol–water partition coefficient (Wildman–Crippen LogP) is 2.47. The summed E-state index contributed by atoms with van der Waals surface area (Å²) in [5.74, 6) is -0.169. The summed E-state index contributed by atoms with van der Waals surface area (Å²) in [6.07, 6.45) is 2.67. The van der Waals surface area contributed by atoms with Gasteiger partial charge in [0, 0.05) is 19.3 Å². The van der Waals surface area contributed by atoms with Gasteiger partial charge in [0.25, 0.3) is 0 Å². The largest absolute Gasteiger partial charge is 0.465 e. The number of rotatable bonds is 4. The summed E-state index contributed by atoms with van der Waals surface area (Å²) >= 11 is 0. The maximum Gasteiger partial charge on any atom is 0.303 e. The van der Waals surface area contributed by atoms with Gasteiger partial charge in [-0.25, -0.2) is 0 Å². The van der Waals surface area contributed by atoms with Crippen LogP contribution in [0.3, 0.4) is 0 Å². The lowest BCUT2D eigenvalue weighted by molar-refractivity contribution is -0.147. The summed E-state index contributed by atoms with van der Waals surface area (Å²) in [7, 11) is 0. The molecule has 4 heteroatoms. The van der Waals surface area contributed by atoms with E-state index in [2.05, 4.69) is 13.8 Å². The third kappa shape index (κ3) is 3.59. The molecule has 18 heavy (non-hydrogen) atoms. The molecular formula is C14H22O4. The Balaban J connectivity index is 2.53. The first kappa shape index (κ1) is 14.7. The van der Waals surface area contributed by atoms with E-state index in [1.54, 1.807) is 0 Å². The van der Waals surface area contributed by atoms with Crippen molar-refractivity contribution in [2.24, 2.45) is 11.3 Å². The first-order valence-corrected chi connectivity index (χ1v) is 6.26. The Morgan fingerprint density at radius 2 is 2.06 bits per heavy atom. The van der Waals surface area contributed by atoms with Crippen molar-refractivity contribution in [3.63, 3.8) is 0 Å². The van der Waals surface area contributed by atoms with E-state index in [1.807, 2.05) is 13.0 Å². The summed E-state index contributed by atoms with van der Waals surface area (Å²) < 4.78 is 10.2. The highest BCUT2D eigenvalue weighted by molar-refractivity contribution is 5.66. The fourth-order valence-corrected chi connectivity index (χ4v) is 2.33. The molecule has 0 saturated heterocycles. The van der Waals surface area contributed by atoms with Gasteiger partial charge in [0.15, 0.2) is 0 Å². The summed E-state index contributed by atoms with van der Waals surface area (Å²) in [6.45, 7) is 9.34. The zero-order valence-corrected chi connectivity index (χ0v) is 11.8. The Morgan fingerprint density at radius 3 is 2.50 bits per heavy atom. The molecule has 3 unspecified atom stereocenters. The summed E-state index contributed by atoms with van der Waals surface area (Å²) in [6, 6.07) is 0. The molecule has 1 aliphatic rings. The van der Waals surface area contributed by atoms with E-state index in [1.165, 1.54) is 19.4 Å². The summed E-state index contributed by atoms with van der Waals surface area (Å²) in [5.41, 5.74) is 1.27. The van der Waals surface area contributed by atoms with Gasteiger partial charge in [0.05, 0.1) is 6.61 Å². The van der Waals surface area contributed by atoms with Gasteiger partial charge in [-0.15, -0.1) is 0 Å². The van der Waals surface area contributed by atoms with Gasteiger partial charge in [0.1, 0.15) is 6.10 Å². The molecule has 1 fully saturated rings. The molecule has 0 aromatic rings. The van der Waals surface area contributed by atoms with Crippen LogP contribution in [0.2, 0.25) is 0 Å². The van der Waals surface area contributed by atoms with Crippen molar-refractivity contribution in [2.75, 3.05) is 6.61 Å². The minimum Gasteiger partial charge on any atom is -0.465 e. The number of esters is 2. The van der Waals surface area contributed by atoms with Crippen LogP contribution in [0.1, 0.15) is 41.0 Å². The van der Waals surface area contributed by atoms with Crippen molar-refractivity contribution >= 4 is 11.9 Å². The van der Waals surface area contributed by atoms with E-state index in [-0.39, 0.29) is 23.5 Å². The van der Waals surface area contributed by atoms with Crippen LogP contribution in [0.25, 0.3) is 0 Å².